The van der Waals surface area contributed by atoms with Gasteiger partial charge in [-0.1, -0.05) is 30.3 Å². The van der Waals surface area contributed by atoms with Gasteiger partial charge in [0.2, 0.25) is 0 Å². The lowest BCUT2D eigenvalue weighted by Crippen LogP contribution is -2.15. The van der Waals surface area contributed by atoms with E-state index < -0.39 is 17.7 Å². The number of halogens is 2. The summed E-state index contributed by atoms with van der Waals surface area (Å²) >= 11 is 0. The number of aliphatic hydroxyl groups is 1. The van der Waals surface area contributed by atoms with Crippen LogP contribution in [0.25, 0.3) is 11.1 Å². The molecule has 0 aliphatic rings. The minimum Gasteiger partial charge on any atom is -0.394 e. The molecule has 0 saturated heterocycles. The number of rotatable bonds is 3. The third-order valence-electron chi connectivity index (χ3n) is 2.76. The Morgan fingerprint density at radius 3 is 2.39 bits per heavy atom. The number of aliphatic hydroxyl groups excluding tert-OH is 1. The average molecular weight is 249 g/mol. The zero-order valence-corrected chi connectivity index (χ0v) is 9.61. The second kappa shape index (κ2) is 5.25. The van der Waals surface area contributed by atoms with Gasteiger partial charge < -0.3 is 10.8 Å². The fourth-order valence-electron chi connectivity index (χ4n) is 1.76. The molecule has 18 heavy (non-hydrogen) atoms. The smallest absolute Gasteiger partial charge is 0.166 e. The molecule has 2 nitrogen and oxygen atoms in total. The van der Waals surface area contributed by atoms with Crippen LogP contribution in [0.4, 0.5) is 8.78 Å². The van der Waals surface area contributed by atoms with Gasteiger partial charge in [0.05, 0.1) is 12.6 Å². The Kier molecular flexibility index (Phi) is 3.69. The van der Waals surface area contributed by atoms with Crippen LogP contribution in [0.3, 0.4) is 0 Å². The highest BCUT2D eigenvalue weighted by atomic mass is 19.2. The van der Waals surface area contributed by atoms with Crippen LogP contribution in [0.15, 0.2) is 42.5 Å². The molecule has 2 aromatic rings. The molecule has 4 heteroatoms. The maximum absolute atomic E-state index is 13.8. The van der Waals surface area contributed by atoms with Crippen LogP contribution in [0, 0.1) is 11.6 Å². The summed E-state index contributed by atoms with van der Waals surface area (Å²) in [5.41, 5.74) is 6.71. The van der Waals surface area contributed by atoms with E-state index in [1.807, 2.05) is 0 Å². The minimum absolute atomic E-state index is 0.148. The molecule has 1 atom stereocenters. The molecule has 0 radical (unpaired) electrons. The van der Waals surface area contributed by atoms with E-state index in [1.165, 1.54) is 6.07 Å². The molecular weight excluding hydrogens is 236 g/mol. The Balaban J connectivity index is 2.56. The summed E-state index contributed by atoms with van der Waals surface area (Å²) in [5, 5.41) is 8.97. The summed E-state index contributed by atoms with van der Waals surface area (Å²) in [6, 6.07) is 10.4. The molecule has 0 saturated carbocycles. The average Bonchev–Trinajstić information content (AvgIpc) is 2.41. The fourth-order valence-corrected chi connectivity index (χ4v) is 1.76. The van der Waals surface area contributed by atoms with Crippen molar-refractivity contribution in [1.29, 1.82) is 0 Å². The Bertz CT molecular complexity index is 543. The van der Waals surface area contributed by atoms with Gasteiger partial charge in [0.25, 0.3) is 0 Å². The molecule has 0 aliphatic carbocycles. The molecule has 3 N–H and O–H groups in total. The van der Waals surface area contributed by atoms with E-state index in [0.29, 0.717) is 11.1 Å². The normalized spacial score (nSPS) is 12.4. The molecule has 0 aliphatic heterocycles. The number of hydrogen-bond donors (Lipinski definition) is 2. The fraction of sp³-hybridized carbons (Fsp3) is 0.143. The van der Waals surface area contributed by atoms with Gasteiger partial charge in [-0.25, -0.2) is 8.78 Å². The van der Waals surface area contributed by atoms with Gasteiger partial charge in [-0.3, -0.25) is 0 Å². The number of hydrogen-bond acceptors (Lipinski definition) is 2. The van der Waals surface area contributed by atoms with E-state index in [-0.39, 0.29) is 12.2 Å². The lowest BCUT2D eigenvalue weighted by molar-refractivity contribution is 0.267. The predicted octanol–water partition coefficient (Wildman–Crippen LogP) is 2.62. The molecule has 2 aromatic carbocycles. The summed E-state index contributed by atoms with van der Waals surface area (Å²) in [5.74, 6) is -1.87. The summed E-state index contributed by atoms with van der Waals surface area (Å²) in [4.78, 5) is 0. The summed E-state index contributed by atoms with van der Waals surface area (Å²) in [7, 11) is 0. The van der Waals surface area contributed by atoms with E-state index in [0.717, 1.165) is 6.07 Å². The lowest BCUT2D eigenvalue weighted by atomic mass is 9.99. The highest BCUT2D eigenvalue weighted by molar-refractivity contribution is 5.65. The molecule has 0 bridgehead atoms. The van der Waals surface area contributed by atoms with Crippen LogP contribution in [0.2, 0.25) is 0 Å². The molecule has 1 unspecified atom stereocenters. The van der Waals surface area contributed by atoms with Crippen molar-refractivity contribution in [2.75, 3.05) is 6.61 Å². The predicted molar refractivity (Wildman–Crippen MR) is 65.8 cm³/mol. The largest absolute Gasteiger partial charge is 0.394 e. The molecule has 0 aromatic heterocycles. The van der Waals surface area contributed by atoms with Crippen molar-refractivity contribution in [2.24, 2.45) is 5.73 Å². The first-order chi connectivity index (χ1) is 8.63. The SMILES string of the molecule is NC(CO)c1cc(F)c(F)c(-c2ccccc2)c1. The number of nitrogens with two attached hydrogens (primary N) is 1. The molecule has 0 spiro atoms. The maximum atomic E-state index is 13.8. The van der Waals surface area contributed by atoms with Gasteiger partial charge in [-0.15, -0.1) is 0 Å². The Labute approximate surface area is 104 Å². The van der Waals surface area contributed by atoms with Crippen molar-refractivity contribution in [3.05, 3.63) is 59.7 Å². The third kappa shape index (κ3) is 2.39. The summed E-state index contributed by atoms with van der Waals surface area (Å²) < 4.78 is 27.3. The van der Waals surface area contributed by atoms with Crippen LogP contribution >= 0.6 is 0 Å². The first-order valence-electron chi connectivity index (χ1n) is 5.54. The molecular formula is C14H13F2NO. The van der Waals surface area contributed by atoms with Crippen molar-refractivity contribution in [3.8, 4) is 11.1 Å². The lowest BCUT2D eigenvalue weighted by Gasteiger charge is -2.12. The second-order valence-corrected chi connectivity index (χ2v) is 4.02. The Morgan fingerprint density at radius 2 is 1.78 bits per heavy atom. The van der Waals surface area contributed by atoms with Gasteiger partial charge >= 0.3 is 0 Å². The highest BCUT2D eigenvalue weighted by Crippen LogP contribution is 2.27. The molecule has 0 amide bonds. The van der Waals surface area contributed by atoms with Crippen molar-refractivity contribution in [3.63, 3.8) is 0 Å². The van der Waals surface area contributed by atoms with E-state index in [1.54, 1.807) is 30.3 Å². The quantitative estimate of drug-likeness (QED) is 0.878. The molecule has 0 heterocycles. The zero-order valence-electron chi connectivity index (χ0n) is 9.61. The van der Waals surface area contributed by atoms with Crippen molar-refractivity contribution in [2.45, 2.75) is 6.04 Å². The molecule has 0 fully saturated rings. The Hall–Kier alpha value is -1.78. The number of benzene rings is 2. The first-order valence-corrected chi connectivity index (χ1v) is 5.54. The third-order valence-corrected chi connectivity index (χ3v) is 2.76. The van der Waals surface area contributed by atoms with Crippen LogP contribution in [-0.2, 0) is 0 Å². The van der Waals surface area contributed by atoms with Gasteiger partial charge in [0, 0.05) is 5.56 Å². The standard InChI is InChI=1S/C14H13F2NO/c15-12-7-10(13(17)8-18)6-11(14(12)16)9-4-2-1-3-5-9/h1-7,13,18H,8,17H2. The second-order valence-electron chi connectivity index (χ2n) is 4.02. The van der Waals surface area contributed by atoms with Crippen molar-refractivity contribution >= 4 is 0 Å². The summed E-state index contributed by atoms with van der Waals surface area (Å²) in [6.07, 6.45) is 0. The molecule has 2 rings (SSSR count). The Morgan fingerprint density at radius 1 is 1.11 bits per heavy atom. The van der Waals surface area contributed by atoms with Crippen LogP contribution < -0.4 is 5.73 Å². The zero-order chi connectivity index (χ0) is 13.1. The first kappa shape index (κ1) is 12.7. The monoisotopic (exact) mass is 249 g/mol. The minimum atomic E-state index is -0.963. The van der Waals surface area contributed by atoms with Crippen LogP contribution in [0.5, 0.6) is 0 Å². The van der Waals surface area contributed by atoms with E-state index in [2.05, 4.69) is 0 Å². The van der Waals surface area contributed by atoms with Gasteiger partial charge in [0.15, 0.2) is 11.6 Å². The highest BCUT2D eigenvalue weighted by Gasteiger charge is 2.15. The van der Waals surface area contributed by atoms with E-state index >= 15 is 0 Å². The van der Waals surface area contributed by atoms with Gasteiger partial charge in [-0.05, 0) is 23.3 Å². The summed E-state index contributed by atoms with van der Waals surface area (Å²) in [6.45, 7) is -0.320. The van der Waals surface area contributed by atoms with Crippen LogP contribution in [0.1, 0.15) is 11.6 Å². The van der Waals surface area contributed by atoms with Crippen molar-refractivity contribution < 1.29 is 13.9 Å². The van der Waals surface area contributed by atoms with E-state index in [9.17, 15) is 8.78 Å². The van der Waals surface area contributed by atoms with Crippen LogP contribution in [-0.4, -0.2) is 11.7 Å². The van der Waals surface area contributed by atoms with Gasteiger partial charge in [-0.2, -0.15) is 0 Å². The topological polar surface area (TPSA) is 46.2 Å². The van der Waals surface area contributed by atoms with E-state index in [4.69, 9.17) is 10.8 Å². The van der Waals surface area contributed by atoms with Gasteiger partial charge in [0.1, 0.15) is 0 Å². The maximum Gasteiger partial charge on any atom is 0.166 e. The van der Waals surface area contributed by atoms with Crippen molar-refractivity contribution in [1.82, 2.24) is 0 Å². The molecule has 94 valence electrons.